The Bertz CT molecular complexity index is 1100. The van der Waals surface area contributed by atoms with Crippen molar-refractivity contribution in [2.75, 3.05) is 26.2 Å². The zero-order chi connectivity index (χ0) is 20.3. The minimum absolute atomic E-state index is 0.892. The van der Waals surface area contributed by atoms with E-state index in [0.717, 1.165) is 56.0 Å². The normalized spacial score (nSPS) is 16.8. The first-order valence-corrected chi connectivity index (χ1v) is 10.7. The summed E-state index contributed by atoms with van der Waals surface area (Å²) in [5.41, 5.74) is 9.79. The lowest BCUT2D eigenvalue weighted by Gasteiger charge is -2.16. The van der Waals surface area contributed by atoms with Gasteiger partial charge in [0.25, 0.3) is 0 Å². The van der Waals surface area contributed by atoms with E-state index in [0.29, 0.717) is 0 Å². The summed E-state index contributed by atoms with van der Waals surface area (Å²) in [5, 5.41) is 15.5. The largest absolute Gasteiger partial charge is 0.313 e. The molecule has 152 valence electrons. The maximum absolute atomic E-state index is 4.42. The standard InChI is InChI=1S/C25H27N5/c1-18-16-23(6-7-24(18)21-10-14-27-15-11-21)30-17-25(28-29-30)22-4-2-19(3-5-22)20-8-12-26-13-9-20/h2-8,10,16-17,26-27H,9,11-15H2,1H3. The van der Waals surface area contributed by atoms with E-state index >= 15 is 0 Å². The summed E-state index contributed by atoms with van der Waals surface area (Å²) in [7, 11) is 0. The minimum Gasteiger partial charge on any atom is -0.313 e. The maximum atomic E-state index is 4.42. The smallest absolute Gasteiger partial charge is 0.113 e. The molecule has 5 rings (SSSR count). The van der Waals surface area contributed by atoms with Gasteiger partial charge in [0.1, 0.15) is 5.69 Å². The zero-order valence-corrected chi connectivity index (χ0v) is 17.4. The van der Waals surface area contributed by atoms with E-state index in [1.54, 1.807) is 0 Å². The first kappa shape index (κ1) is 19.0. The van der Waals surface area contributed by atoms with Crippen molar-refractivity contribution >= 4 is 11.1 Å². The van der Waals surface area contributed by atoms with Crippen LogP contribution >= 0.6 is 0 Å². The van der Waals surface area contributed by atoms with Gasteiger partial charge < -0.3 is 10.6 Å². The molecule has 0 amide bonds. The van der Waals surface area contributed by atoms with E-state index in [4.69, 9.17) is 0 Å². The van der Waals surface area contributed by atoms with Crippen molar-refractivity contribution in [3.63, 3.8) is 0 Å². The van der Waals surface area contributed by atoms with Crippen LogP contribution in [0.4, 0.5) is 0 Å². The first-order chi connectivity index (χ1) is 14.8. The van der Waals surface area contributed by atoms with E-state index in [-0.39, 0.29) is 0 Å². The summed E-state index contributed by atoms with van der Waals surface area (Å²) < 4.78 is 1.87. The van der Waals surface area contributed by atoms with E-state index in [1.165, 1.54) is 27.8 Å². The van der Waals surface area contributed by atoms with Crippen LogP contribution in [0, 0.1) is 6.92 Å². The van der Waals surface area contributed by atoms with E-state index < -0.39 is 0 Å². The van der Waals surface area contributed by atoms with Crippen molar-refractivity contribution in [1.29, 1.82) is 0 Å². The van der Waals surface area contributed by atoms with Gasteiger partial charge in [0.15, 0.2) is 0 Å². The average Bonchev–Trinajstić information content (AvgIpc) is 3.31. The highest BCUT2D eigenvalue weighted by Crippen LogP contribution is 2.27. The molecular formula is C25H27N5. The van der Waals surface area contributed by atoms with Gasteiger partial charge in [0.05, 0.1) is 11.9 Å². The van der Waals surface area contributed by atoms with Gasteiger partial charge in [-0.1, -0.05) is 47.7 Å². The highest BCUT2D eigenvalue weighted by atomic mass is 15.4. The van der Waals surface area contributed by atoms with E-state index in [9.17, 15) is 0 Å². The molecule has 0 atom stereocenters. The summed E-state index contributed by atoms with van der Waals surface area (Å²) in [6, 6.07) is 15.2. The third-order valence-corrected chi connectivity index (χ3v) is 5.99. The van der Waals surface area contributed by atoms with Gasteiger partial charge in [-0.2, -0.15) is 0 Å². The first-order valence-electron chi connectivity index (χ1n) is 10.7. The van der Waals surface area contributed by atoms with Gasteiger partial charge in [0, 0.05) is 18.7 Å². The van der Waals surface area contributed by atoms with Crippen LogP contribution in [0.15, 0.2) is 60.8 Å². The third-order valence-electron chi connectivity index (χ3n) is 5.99. The van der Waals surface area contributed by atoms with E-state index in [2.05, 4.69) is 82.5 Å². The van der Waals surface area contributed by atoms with Gasteiger partial charge in [-0.3, -0.25) is 0 Å². The maximum Gasteiger partial charge on any atom is 0.113 e. The van der Waals surface area contributed by atoms with Crippen LogP contribution in [0.5, 0.6) is 0 Å². The molecule has 2 aromatic carbocycles. The molecule has 2 N–H and O–H groups in total. The molecule has 0 fully saturated rings. The lowest BCUT2D eigenvalue weighted by Crippen LogP contribution is -2.20. The molecule has 0 aliphatic carbocycles. The van der Waals surface area contributed by atoms with Crippen LogP contribution in [0.25, 0.3) is 28.1 Å². The summed E-state index contributed by atoms with van der Waals surface area (Å²) in [6.45, 7) is 6.18. The minimum atomic E-state index is 0.892. The quantitative estimate of drug-likeness (QED) is 0.699. The zero-order valence-electron chi connectivity index (χ0n) is 17.4. The number of nitrogens with zero attached hydrogens (tertiary/aromatic N) is 3. The third kappa shape index (κ3) is 3.86. The number of hydrogen-bond donors (Lipinski definition) is 2. The summed E-state index contributed by atoms with van der Waals surface area (Å²) in [4.78, 5) is 0. The molecular weight excluding hydrogens is 370 g/mol. The van der Waals surface area contributed by atoms with Crippen molar-refractivity contribution in [2.45, 2.75) is 19.8 Å². The Kier molecular flexibility index (Phi) is 5.30. The predicted molar refractivity (Wildman–Crippen MR) is 122 cm³/mol. The number of aryl methyl sites for hydroxylation is 1. The SMILES string of the molecule is Cc1cc(-n2cc(-c3ccc(C4=CCNCC4)cc3)nn2)ccc1C1=CCNCC1. The van der Waals surface area contributed by atoms with Gasteiger partial charge >= 0.3 is 0 Å². The van der Waals surface area contributed by atoms with Crippen LogP contribution in [0.3, 0.4) is 0 Å². The molecule has 0 radical (unpaired) electrons. The van der Waals surface area contributed by atoms with Crippen molar-refractivity contribution in [2.24, 2.45) is 0 Å². The predicted octanol–water partition coefficient (Wildman–Crippen LogP) is 4.00. The van der Waals surface area contributed by atoms with Crippen LogP contribution in [0.2, 0.25) is 0 Å². The van der Waals surface area contributed by atoms with Crippen LogP contribution in [-0.2, 0) is 0 Å². The highest BCUT2D eigenvalue weighted by molar-refractivity contribution is 5.71. The molecule has 0 spiro atoms. The van der Waals surface area contributed by atoms with Crippen LogP contribution in [0.1, 0.15) is 29.5 Å². The second-order valence-electron chi connectivity index (χ2n) is 7.99. The Balaban J connectivity index is 1.37. The summed E-state index contributed by atoms with van der Waals surface area (Å²) in [6.07, 6.45) is 8.75. The second-order valence-corrected chi connectivity index (χ2v) is 7.99. The summed E-state index contributed by atoms with van der Waals surface area (Å²) >= 11 is 0. The van der Waals surface area contributed by atoms with Crippen LogP contribution < -0.4 is 10.6 Å². The lowest BCUT2D eigenvalue weighted by molar-refractivity contribution is 0.738. The molecule has 0 saturated heterocycles. The number of aromatic nitrogens is 3. The average molecular weight is 398 g/mol. The molecule has 2 aliphatic heterocycles. The van der Waals surface area contributed by atoms with Gasteiger partial charge in [-0.05, 0) is 72.8 Å². The second kappa shape index (κ2) is 8.38. The number of rotatable bonds is 4. The van der Waals surface area contributed by atoms with E-state index in [1.807, 2.05) is 10.9 Å². The molecule has 5 nitrogen and oxygen atoms in total. The molecule has 0 unspecified atom stereocenters. The van der Waals surface area contributed by atoms with Gasteiger partial charge in [-0.15, -0.1) is 5.10 Å². The highest BCUT2D eigenvalue weighted by Gasteiger charge is 2.12. The molecule has 3 aromatic rings. The van der Waals surface area contributed by atoms with Crippen molar-refractivity contribution in [3.8, 4) is 16.9 Å². The molecule has 3 heterocycles. The monoisotopic (exact) mass is 397 g/mol. The van der Waals surface area contributed by atoms with Crippen molar-refractivity contribution in [3.05, 3.63) is 77.5 Å². The number of hydrogen-bond acceptors (Lipinski definition) is 4. The fourth-order valence-corrected chi connectivity index (χ4v) is 4.28. The fourth-order valence-electron chi connectivity index (χ4n) is 4.28. The Morgan fingerprint density at radius 1 is 0.833 bits per heavy atom. The van der Waals surface area contributed by atoms with Gasteiger partial charge in [-0.25, -0.2) is 4.68 Å². The number of nitrogens with one attached hydrogen (secondary N) is 2. The molecule has 30 heavy (non-hydrogen) atoms. The van der Waals surface area contributed by atoms with Crippen LogP contribution in [-0.4, -0.2) is 41.2 Å². The fraction of sp³-hybridized carbons (Fsp3) is 0.280. The number of benzene rings is 2. The molecule has 5 heteroatoms. The Hall–Kier alpha value is -3.02. The van der Waals surface area contributed by atoms with Gasteiger partial charge in [0.2, 0.25) is 0 Å². The van der Waals surface area contributed by atoms with Crippen molar-refractivity contribution < 1.29 is 0 Å². The topological polar surface area (TPSA) is 54.8 Å². The lowest BCUT2D eigenvalue weighted by atomic mass is 9.96. The van der Waals surface area contributed by atoms with Crippen molar-refractivity contribution in [1.82, 2.24) is 25.6 Å². The molecule has 0 saturated carbocycles. The molecule has 0 bridgehead atoms. The molecule has 1 aromatic heterocycles. The Morgan fingerprint density at radius 3 is 2.20 bits per heavy atom. The Labute approximate surface area is 177 Å². The summed E-state index contributed by atoms with van der Waals surface area (Å²) in [5.74, 6) is 0. The molecule has 2 aliphatic rings. The Morgan fingerprint density at radius 2 is 1.53 bits per heavy atom.